The average Bonchev–Trinajstić information content (AvgIpc) is 1.65. The second-order valence-corrected chi connectivity index (χ2v) is 33.4. The molecule has 4 unspecified atom stereocenters. The fraction of sp³-hybridized carbons (Fsp3) is 0.238. The number of Topliss-reactive ketones (excluding diaryl/α,β-unsaturated/α-hetero) is 2. The number of rotatable bonds is 27. The maximum Gasteiger partial charge on any atom is 0.319 e. The van der Waals surface area contributed by atoms with Crippen LogP contribution in [0.5, 0.6) is 0 Å². The third-order valence-corrected chi connectivity index (χ3v) is 23.2. The molecule has 0 spiro atoms. The summed E-state index contributed by atoms with van der Waals surface area (Å²) in [6.07, 6.45) is 2.35. The second-order valence-electron chi connectivity index (χ2n) is 32.3. The van der Waals surface area contributed by atoms with Crippen LogP contribution >= 0.6 is 11.3 Å². The van der Waals surface area contributed by atoms with Crippen LogP contribution in [-0.4, -0.2) is 123 Å². The fourth-order valence-corrected chi connectivity index (χ4v) is 14.8. The molecule has 1 aliphatic carbocycles. The Hall–Kier alpha value is -16.0. The molecule has 0 radical (unpaired) electrons. The van der Waals surface area contributed by atoms with Gasteiger partial charge in [-0.05, 0) is 234 Å². The number of nitrogens with zero attached hydrogens (tertiary/aromatic N) is 4. The van der Waals surface area contributed by atoms with Crippen LogP contribution in [-0.2, 0) is 11.8 Å². The number of hydrogen-bond acceptors (Lipinski definition) is 24. The Kier molecular flexibility index (Phi) is 38.4. The molecular weight excluding hydrogens is 1780 g/mol. The van der Waals surface area contributed by atoms with Crippen molar-refractivity contribution in [2.75, 3.05) is 11.9 Å². The third-order valence-electron chi connectivity index (χ3n) is 22.1. The molecule has 36 heteroatoms. The van der Waals surface area contributed by atoms with E-state index in [1.807, 2.05) is 122 Å². The van der Waals surface area contributed by atoms with Crippen molar-refractivity contribution in [2.24, 2.45) is 18.9 Å². The minimum Gasteiger partial charge on any atom is -0.451 e. The van der Waals surface area contributed by atoms with Crippen molar-refractivity contribution in [3.63, 3.8) is 0 Å². The van der Waals surface area contributed by atoms with Crippen LogP contribution in [0.15, 0.2) is 239 Å². The number of urea groups is 1. The van der Waals surface area contributed by atoms with Gasteiger partial charge in [-0.25, -0.2) is 32.2 Å². The molecule has 9 aromatic carbocycles. The molecule has 4 heterocycles. The number of furan rings is 1. The molecule has 17 N–H and O–H groups in total. The van der Waals surface area contributed by atoms with E-state index in [2.05, 4.69) is 42.2 Å². The Bertz CT molecular complexity index is 6390. The van der Waals surface area contributed by atoms with E-state index in [9.17, 15) is 57.5 Å². The van der Waals surface area contributed by atoms with Crippen molar-refractivity contribution in [3.8, 4) is 6.07 Å². The molecule has 14 rings (SSSR count). The predicted molar refractivity (Wildman–Crippen MR) is 508 cm³/mol. The van der Waals surface area contributed by atoms with Crippen molar-refractivity contribution in [1.82, 2.24) is 68.9 Å². The number of carbonyl (C=O) groups excluding carboxylic acids is 12. The van der Waals surface area contributed by atoms with Crippen LogP contribution in [0.2, 0.25) is 0 Å². The number of benzene rings is 9. The lowest BCUT2D eigenvalue weighted by Gasteiger charge is -2.23. The summed E-state index contributed by atoms with van der Waals surface area (Å²) in [6, 6.07) is 66.5. The number of fused-ring (bicyclic) bond motifs is 2. The van der Waals surface area contributed by atoms with Gasteiger partial charge in [0.1, 0.15) is 29.2 Å². The van der Waals surface area contributed by atoms with E-state index >= 15 is 0 Å². The Labute approximate surface area is 792 Å². The number of amides is 11. The van der Waals surface area contributed by atoms with E-state index < -0.39 is 36.1 Å². The molecule has 1 fully saturated rings. The first-order valence-electron chi connectivity index (χ1n) is 43.2. The molecule has 0 saturated heterocycles. The minimum atomic E-state index is -0.597. The monoisotopic (exact) mass is 1880 g/mol. The summed E-state index contributed by atoms with van der Waals surface area (Å²) in [5, 5.41) is 87.7. The number of anilines is 1. The van der Waals surface area contributed by atoms with Gasteiger partial charge in [-0.1, -0.05) is 141 Å². The summed E-state index contributed by atoms with van der Waals surface area (Å²) in [7, 11) is 1.78. The van der Waals surface area contributed by atoms with Gasteiger partial charge in [0.15, 0.2) is 17.3 Å². The van der Waals surface area contributed by atoms with Gasteiger partial charge >= 0.3 is 6.03 Å². The SMILES string of the molecule is CC(NC(=O)C1CC1)c1ccc(C(=O)NO)cc1.CC(NC(=O)Nc1ccc(C#N)cc1)c1ccc(C(=O)NO)cc1.C[C@H](CC(=O)c1cc2ccccc2s1)c1cccc(C(=O)CO)c1.Cc1c(C(=O)N[C@H](C)c2ccc(C(=O)NO)cc2)oc2ccccc12.Cc1cc(C(=O)NC(C)c2ccc(C(=O)NO)cc2)nn1C.Cc1noc(C)c1C(=O)NC(c1ccc(C(=O)NO)cc1)C(C)C. The van der Waals surface area contributed by atoms with E-state index in [0.717, 1.165) is 77.8 Å². The molecule has 712 valence electrons. The van der Waals surface area contributed by atoms with Crippen molar-refractivity contribution in [3.05, 3.63) is 347 Å². The molecule has 4 aromatic heterocycles. The normalized spacial score (nSPS) is 12.4. The molecule has 11 amide bonds. The zero-order chi connectivity index (χ0) is 99.9. The number of aromatic nitrogens is 3. The first-order chi connectivity index (χ1) is 65.5. The van der Waals surface area contributed by atoms with Crippen molar-refractivity contribution in [1.29, 1.82) is 5.26 Å². The maximum absolute atomic E-state index is 12.6. The average molecular weight is 1880 g/mol. The van der Waals surface area contributed by atoms with Crippen LogP contribution in [0.25, 0.3) is 21.1 Å². The molecule has 6 atom stereocenters. The third kappa shape index (κ3) is 29.5. The van der Waals surface area contributed by atoms with E-state index in [-0.39, 0.29) is 89.2 Å². The highest BCUT2D eigenvalue weighted by atomic mass is 32.1. The number of nitrogens with one attached hydrogen (secondary N) is 11. The Morgan fingerprint density at radius 2 is 0.934 bits per heavy atom. The Balaban J connectivity index is 0.000000185. The summed E-state index contributed by atoms with van der Waals surface area (Å²) in [5.74, 6) is -2.68. The number of carbonyl (C=O) groups is 12. The number of aliphatic hydroxyl groups is 1. The van der Waals surface area contributed by atoms with Gasteiger partial charge < -0.3 is 45.9 Å². The molecular formula is C101H107N15O20S. The number of para-hydroxylation sites is 1. The van der Waals surface area contributed by atoms with Crippen LogP contribution < -0.4 is 59.3 Å². The number of aryl methyl sites for hydroxylation is 5. The van der Waals surface area contributed by atoms with Crippen LogP contribution in [0.3, 0.4) is 0 Å². The zero-order valence-electron chi connectivity index (χ0n) is 77.0. The van der Waals surface area contributed by atoms with Crippen LogP contribution in [0, 0.1) is 50.9 Å². The van der Waals surface area contributed by atoms with Gasteiger partial charge in [-0.15, -0.1) is 11.3 Å². The Morgan fingerprint density at radius 1 is 0.474 bits per heavy atom. The fourth-order valence-electron chi connectivity index (χ4n) is 13.8. The highest BCUT2D eigenvalue weighted by Gasteiger charge is 2.31. The first-order valence-corrected chi connectivity index (χ1v) is 44.0. The van der Waals surface area contributed by atoms with E-state index in [0.29, 0.717) is 85.1 Å². The lowest BCUT2D eigenvalue weighted by Crippen LogP contribution is -2.32. The number of thiophene rings is 1. The lowest BCUT2D eigenvalue weighted by atomic mass is 9.93. The topological polar surface area (TPSA) is 539 Å². The first kappa shape index (κ1) is 105. The van der Waals surface area contributed by atoms with Crippen LogP contribution in [0.4, 0.5) is 10.5 Å². The number of nitriles is 1. The summed E-state index contributed by atoms with van der Waals surface area (Å²) in [4.78, 5) is 142. The molecule has 1 aliphatic rings. The lowest BCUT2D eigenvalue weighted by molar-refractivity contribution is -0.123. The van der Waals surface area contributed by atoms with Gasteiger partial charge in [0, 0.05) is 79.8 Å². The number of ketones is 2. The molecule has 13 aromatic rings. The van der Waals surface area contributed by atoms with E-state index in [1.165, 1.54) is 11.3 Å². The predicted octanol–water partition coefficient (Wildman–Crippen LogP) is 15.6. The number of hydrogen-bond donors (Lipinski definition) is 17. The maximum atomic E-state index is 12.6. The summed E-state index contributed by atoms with van der Waals surface area (Å²) in [6.45, 7) is 20.0. The van der Waals surface area contributed by atoms with Gasteiger partial charge in [-0.3, -0.25) is 83.5 Å². The van der Waals surface area contributed by atoms with Gasteiger partial charge in [0.2, 0.25) is 5.91 Å². The summed E-state index contributed by atoms with van der Waals surface area (Å²) < 4.78 is 13.5. The van der Waals surface area contributed by atoms with E-state index in [4.69, 9.17) is 45.3 Å². The molecule has 35 nitrogen and oxygen atoms in total. The number of aliphatic hydroxyl groups excluding tert-OH is 1. The van der Waals surface area contributed by atoms with Crippen molar-refractivity contribution in [2.45, 2.75) is 132 Å². The molecule has 0 aliphatic heterocycles. The minimum absolute atomic E-state index is 0.00848. The molecule has 137 heavy (non-hydrogen) atoms. The van der Waals surface area contributed by atoms with E-state index in [1.54, 1.807) is 230 Å². The molecule has 0 bridgehead atoms. The summed E-state index contributed by atoms with van der Waals surface area (Å²) >= 11 is 1.52. The largest absolute Gasteiger partial charge is 0.451 e. The smallest absolute Gasteiger partial charge is 0.319 e. The van der Waals surface area contributed by atoms with Gasteiger partial charge in [-0.2, -0.15) is 10.4 Å². The van der Waals surface area contributed by atoms with Crippen molar-refractivity contribution < 1.29 is 97.6 Å². The highest BCUT2D eigenvalue weighted by Crippen LogP contribution is 2.33. The Morgan fingerprint density at radius 3 is 1.36 bits per heavy atom. The number of hydroxylamine groups is 5. The highest BCUT2D eigenvalue weighted by molar-refractivity contribution is 7.20. The van der Waals surface area contributed by atoms with Gasteiger partial charge in [0.25, 0.3) is 47.3 Å². The van der Waals surface area contributed by atoms with Crippen LogP contribution in [0.1, 0.15) is 269 Å². The van der Waals surface area contributed by atoms with Crippen molar-refractivity contribution >= 4 is 109 Å². The molecule has 1 saturated carbocycles. The quantitative estimate of drug-likeness (QED) is 0.0129. The van der Waals surface area contributed by atoms with Gasteiger partial charge in [0.05, 0.1) is 52.4 Å². The summed E-state index contributed by atoms with van der Waals surface area (Å²) in [5.41, 5.74) is 20.1. The second kappa shape index (κ2) is 50.2. The zero-order valence-corrected chi connectivity index (χ0v) is 77.8. The standard InChI is InChI=1S/C20H18O3S.C19H18N2O4.C17H16N4O3.C17H21N3O4.C15H18N4O3.C13H16N2O3/c1-13(14-6-4-7-15(10-14)18(23)12-21)9-17(22)20-11-16-5-2-3-8-19(16)24-20;1-11-15-5-3-4-6-16(15)25-17(11)19(23)20-12(2)13-7-9-14(10-8-13)18(22)21-24;1-11(13-4-6-14(7-5-13)16(22)21-24)19-17(23)20-15-8-2-12(10-18)3-9-15;1-9(2)15(12-5-7-13(8-6-12)16(21)19-23)18-17(22)14-10(3)20-24-11(14)4;1-9-8-13(17-19(9)3)15(21)16-10(2)11-4-6-12(7-5-11)14(20)18-22;1-8(14-12(16)10-6-7-10)9-2-4-11(5-3-9)13(17)15-18/h2-8,10-11,13,21H,9,12H2,1H3;3-10,12,24H,1-2H3,(H,20,23)(H,21,22);2-9,11,24H,1H3,(H,21,22)(H2,19,20,23);5-9,15,23H,1-4H3,(H,18,22)(H,19,21);4-8,10,22H,1-3H3,(H,16,21)(H,18,20);2-5,8,10,18H,6-7H2,1H3,(H,14,16)(H,15,17)/t13-;12-;;;;/m11..../s1.